The van der Waals surface area contributed by atoms with Gasteiger partial charge in [0.25, 0.3) is 11.8 Å². The molecule has 1 aromatic heterocycles. The van der Waals surface area contributed by atoms with Crippen molar-refractivity contribution in [1.29, 1.82) is 0 Å². The molecule has 2 aromatic carbocycles. The Morgan fingerprint density at radius 1 is 0.857 bits per heavy atom. The lowest BCUT2D eigenvalue weighted by Gasteiger charge is -2.35. The number of hydrogen-bond acceptors (Lipinski definition) is 7. The van der Waals surface area contributed by atoms with Gasteiger partial charge in [0.1, 0.15) is 12.3 Å². The molecule has 0 spiro atoms. The molecule has 3 heterocycles. The number of ether oxygens (including phenoxy) is 1. The fourth-order valence-corrected chi connectivity index (χ4v) is 4.34. The molecule has 0 radical (unpaired) electrons. The van der Waals surface area contributed by atoms with Crippen molar-refractivity contribution in [3.05, 3.63) is 71.8 Å². The highest BCUT2D eigenvalue weighted by Gasteiger charge is 2.37. The fourth-order valence-electron chi connectivity index (χ4n) is 4.34. The standard InChI is InChI=1S/C26H25N5O4/c1-2-35-19-9-7-18(8-10-19)22-11-12-23(28-27-22)29-13-15-30(16-14-29)24(32)17-31-25(33)20-5-3-4-6-21(20)26(31)34/h3-12H,2,13-17H2,1H3. The molecule has 0 atom stereocenters. The Hall–Kier alpha value is -4.27. The molecule has 0 saturated carbocycles. The Bertz CT molecular complexity index is 1220. The summed E-state index contributed by atoms with van der Waals surface area (Å²) in [7, 11) is 0. The molecule has 35 heavy (non-hydrogen) atoms. The summed E-state index contributed by atoms with van der Waals surface area (Å²) in [5, 5.41) is 8.74. The van der Waals surface area contributed by atoms with E-state index >= 15 is 0 Å². The minimum atomic E-state index is -0.416. The number of fused-ring (bicyclic) bond motifs is 1. The second kappa shape index (κ2) is 9.54. The van der Waals surface area contributed by atoms with Crippen molar-refractivity contribution in [3.8, 4) is 17.0 Å². The smallest absolute Gasteiger partial charge is 0.262 e. The number of rotatable bonds is 6. The van der Waals surface area contributed by atoms with Crippen LogP contribution < -0.4 is 9.64 Å². The number of piperazine rings is 1. The van der Waals surface area contributed by atoms with E-state index in [0.717, 1.165) is 27.7 Å². The maximum absolute atomic E-state index is 12.8. The van der Waals surface area contributed by atoms with Crippen molar-refractivity contribution in [2.45, 2.75) is 6.92 Å². The van der Waals surface area contributed by atoms with Crippen molar-refractivity contribution >= 4 is 23.5 Å². The lowest BCUT2D eigenvalue weighted by molar-refractivity contribution is -0.131. The molecule has 9 nitrogen and oxygen atoms in total. The van der Waals surface area contributed by atoms with Crippen LogP contribution in [-0.2, 0) is 4.79 Å². The summed E-state index contributed by atoms with van der Waals surface area (Å²) in [6.45, 7) is 4.45. The quantitative estimate of drug-likeness (QED) is 0.510. The molecule has 0 N–H and O–H groups in total. The maximum Gasteiger partial charge on any atom is 0.262 e. The Kier molecular flexibility index (Phi) is 6.13. The minimum absolute atomic E-state index is 0.240. The van der Waals surface area contributed by atoms with Crippen molar-refractivity contribution in [3.63, 3.8) is 0 Å². The predicted molar refractivity (Wildman–Crippen MR) is 129 cm³/mol. The molecule has 1 fully saturated rings. The van der Waals surface area contributed by atoms with Crippen LogP contribution in [0.2, 0.25) is 0 Å². The normalized spacial score (nSPS) is 15.4. The molecule has 0 unspecified atom stereocenters. The van der Waals surface area contributed by atoms with Crippen LogP contribution in [0, 0.1) is 0 Å². The first-order chi connectivity index (χ1) is 17.0. The van der Waals surface area contributed by atoms with E-state index in [1.54, 1.807) is 29.2 Å². The van der Waals surface area contributed by atoms with Crippen LogP contribution in [0.4, 0.5) is 5.82 Å². The minimum Gasteiger partial charge on any atom is -0.494 e. The van der Waals surface area contributed by atoms with Crippen LogP contribution in [0.5, 0.6) is 5.75 Å². The highest BCUT2D eigenvalue weighted by molar-refractivity contribution is 6.22. The second-order valence-electron chi connectivity index (χ2n) is 8.34. The van der Waals surface area contributed by atoms with E-state index < -0.39 is 11.8 Å². The lowest BCUT2D eigenvalue weighted by atomic mass is 10.1. The van der Waals surface area contributed by atoms with E-state index in [-0.39, 0.29) is 12.5 Å². The van der Waals surface area contributed by atoms with Gasteiger partial charge in [0, 0.05) is 31.7 Å². The summed E-state index contributed by atoms with van der Waals surface area (Å²) >= 11 is 0. The van der Waals surface area contributed by atoms with Gasteiger partial charge in [-0.15, -0.1) is 10.2 Å². The number of aromatic nitrogens is 2. The molecular formula is C26H25N5O4. The highest BCUT2D eigenvalue weighted by atomic mass is 16.5. The summed E-state index contributed by atoms with van der Waals surface area (Å²) in [6.07, 6.45) is 0. The first kappa shape index (κ1) is 22.5. The summed E-state index contributed by atoms with van der Waals surface area (Å²) in [6, 6.07) is 18.2. The molecule has 2 aliphatic heterocycles. The Morgan fingerprint density at radius 3 is 2.09 bits per heavy atom. The first-order valence-electron chi connectivity index (χ1n) is 11.6. The number of hydrogen-bond donors (Lipinski definition) is 0. The van der Waals surface area contributed by atoms with Gasteiger partial charge in [-0.2, -0.15) is 0 Å². The van der Waals surface area contributed by atoms with Crippen LogP contribution in [0.1, 0.15) is 27.6 Å². The molecule has 5 rings (SSSR count). The molecule has 3 aromatic rings. The zero-order chi connectivity index (χ0) is 24.4. The van der Waals surface area contributed by atoms with Crippen LogP contribution >= 0.6 is 0 Å². The molecular weight excluding hydrogens is 446 g/mol. The van der Waals surface area contributed by atoms with Crippen LogP contribution in [0.25, 0.3) is 11.3 Å². The van der Waals surface area contributed by atoms with E-state index in [4.69, 9.17) is 4.74 Å². The van der Waals surface area contributed by atoms with Gasteiger partial charge in [0.05, 0.1) is 23.4 Å². The van der Waals surface area contributed by atoms with Gasteiger partial charge in [0.2, 0.25) is 5.91 Å². The van der Waals surface area contributed by atoms with E-state index in [1.807, 2.05) is 43.3 Å². The molecule has 178 valence electrons. The maximum atomic E-state index is 12.8. The van der Waals surface area contributed by atoms with Crippen molar-refractivity contribution in [2.24, 2.45) is 0 Å². The van der Waals surface area contributed by atoms with Crippen molar-refractivity contribution in [1.82, 2.24) is 20.0 Å². The molecule has 9 heteroatoms. The summed E-state index contributed by atoms with van der Waals surface area (Å²) in [5.74, 6) is 0.487. The van der Waals surface area contributed by atoms with E-state index in [1.165, 1.54) is 0 Å². The average Bonchev–Trinajstić information content (AvgIpc) is 3.14. The van der Waals surface area contributed by atoms with Gasteiger partial charge in [-0.25, -0.2) is 0 Å². The van der Waals surface area contributed by atoms with Crippen molar-refractivity contribution in [2.75, 3.05) is 44.2 Å². The Morgan fingerprint density at radius 2 is 1.51 bits per heavy atom. The van der Waals surface area contributed by atoms with Gasteiger partial charge in [-0.1, -0.05) is 12.1 Å². The number of carbonyl (C=O) groups excluding carboxylic acids is 3. The second-order valence-corrected chi connectivity index (χ2v) is 8.34. The highest BCUT2D eigenvalue weighted by Crippen LogP contribution is 2.24. The molecule has 0 aliphatic carbocycles. The van der Waals surface area contributed by atoms with Crippen LogP contribution in [0.3, 0.4) is 0 Å². The first-order valence-corrected chi connectivity index (χ1v) is 11.6. The number of benzene rings is 2. The van der Waals surface area contributed by atoms with Gasteiger partial charge in [0.15, 0.2) is 5.82 Å². The summed E-state index contributed by atoms with van der Waals surface area (Å²) < 4.78 is 5.48. The molecule has 3 amide bonds. The largest absolute Gasteiger partial charge is 0.494 e. The lowest BCUT2D eigenvalue weighted by Crippen LogP contribution is -2.52. The van der Waals surface area contributed by atoms with Gasteiger partial charge in [-0.05, 0) is 55.5 Å². The molecule has 0 bridgehead atoms. The number of imide groups is 1. The van der Waals surface area contributed by atoms with Crippen molar-refractivity contribution < 1.29 is 19.1 Å². The third-order valence-corrected chi connectivity index (χ3v) is 6.24. The van der Waals surface area contributed by atoms with Gasteiger partial charge in [-0.3, -0.25) is 19.3 Å². The van der Waals surface area contributed by atoms with Crippen LogP contribution in [-0.4, -0.2) is 77.0 Å². The van der Waals surface area contributed by atoms with Crippen LogP contribution in [0.15, 0.2) is 60.7 Å². The fraction of sp³-hybridized carbons (Fsp3) is 0.269. The van der Waals surface area contributed by atoms with E-state index in [2.05, 4.69) is 15.1 Å². The topological polar surface area (TPSA) is 95.9 Å². The van der Waals surface area contributed by atoms with E-state index in [9.17, 15) is 14.4 Å². The van der Waals surface area contributed by atoms with E-state index in [0.29, 0.717) is 43.9 Å². The predicted octanol–water partition coefficient (Wildman–Crippen LogP) is 2.49. The Balaban J connectivity index is 1.16. The number of carbonyl (C=O) groups is 3. The SMILES string of the molecule is CCOc1ccc(-c2ccc(N3CCN(C(=O)CN4C(=O)c5ccccc5C4=O)CC3)nn2)cc1. The number of anilines is 1. The number of nitrogens with zero attached hydrogens (tertiary/aromatic N) is 5. The zero-order valence-electron chi connectivity index (χ0n) is 19.4. The monoisotopic (exact) mass is 471 g/mol. The third kappa shape index (κ3) is 4.44. The summed E-state index contributed by atoms with van der Waals surface area (Å²) in [5.41, 5.74) is 2.42. The number of amides is 3. The average molecular weight is 472 g/mol. The van der Waals surface area contributed by atoms with Gasteiger partial charge < -0.3 is 14.5 Å². The molecule has 1 saturated heterocycles. The van der Waals surface area contributed by atoms with Gasteiger partial charge >= 0.3 is 0 Å². The Labute approximate surface area is 202 Å². The third-order valence-electron chi connectivity index (χ3n) is 6.24. The summed E-state index contributed by atoms with van der Waals surface area (Å²) in [4.78, 5) is 42.7. The zero-order valence-corrected chi connectivity index (χ0v) is 19.4. The molecule has 2 aliphatic rings.